The maximum atomic E-state index is 10.8. The smallest absolute Gasteiger partial charge is 0.356 e. The lowest BCUT2D eigenvalue weighted by Gasteiger charge is -2.08. The minimum Gasteiger partial charge on any atom is -0.477 e. The lowest BCUT2D eigenvalue weighted by atomic mass is 10.2. The summed E-state index contributed by atoms with van der Waals surface area (Å²) in [4.78, 5) is 18.4. The topological polar surface area (TPSA) is 81.5 Å². The molecule has 2 rings (SSSR count). The van der Waals surface area contributed by atoms with Crippen LogP contribution in [0.15, 0.2) is 36.5 Å². The molecule has 0 unspecified atom stereocenters. The van der Waals surface area contributed by atoms with E-state index in [0.29, 0.717) is 6.61 Å². The summed E-state index contributed by atoms with van der Waals surface area (Å²) >= 11 is 0. The highest BCUT2D eigenvalue weighted by atomic mass is 16.5. The van der Waals surface area contributed by atoms with Gasteiger partial charge < -0.3 is 14.6 Å². The lowest BCUT2D eigenvalue weighted by Crippen LogP contribution is -2.06. The third-order valence-corrected chi connectivity index (χ3v) is 2.34. The molecule has 19 heavy (non-hydrogen) atoms. The fourth-order valence-electron chi connectivity index (χ4n) is 1.42. The third kappa shape index (κ3) is 3.19. The van der Waals surface area contributed by atoms with Gasteiger partial charge in [-0.3, -0.25) is 0 Å². The summed E-state index contributed by atoms with van der Waals surface area (Å²) in [7, 11) is 1.38. The van der Waals surface area contributed by atoms with Gasteiger partial charge in [0, 0.05) is 0 Å². The van der Waals surface area contributed by atoms with Gasteiger partial charge in [0.2, 0.25) is 0 Å². The summed E-state index contributed by atoms with van der Waals surface area (Å²) in [5.74, 6) is -0.951. The molecule has 6 heteroatoms. The normalized spacial score (nSPS) is 9.95. The summed E-state index contributed by atoms with van der Waals surface area (Å²) in [6.07, 6.45) is 1.13. The zero-order chi connectivity index (χ0) is 13.7. The summed E-state index contributed by atoms with van der Waals surface area (Å²) in [5.41, 5.74) is 0.776. The predicted octanol–water partition coefficient (Wildman–Crippen LogP) is 1.76. The average Bonchev–Trinajstić information content (AvgIpc) is 2.45. The second-order valence-corrected chi connectivity index (χ2v) is 3.65. The Bertz CT molecular complexity index is 572. The summed E-state index contributed by atoms with van der Waals surface area (Å²) in [5, 5.41) is 8.80. The molecule has 6 nitrogen and oxygen atoms in total. The molecule has 0 bridgehead atoms. The molecule has 0 saturated carbocycles. The van der Waals surface area contributed by atoms with Crippen LogP contribution in [0.25, 0.3) is 0 Å². The maximum Gasteiger partial charge on any atom is 0.356 e. The SMILES string of the molecule is COc1nc(C(=O)O)cnc1OCc1ccccc1. The van der Waals surface area contributed by atoms with Crippen LogP contribution in [0.2, 0.25) is 0 Å². The van der Waals surface area contributed by atoms with E-state index in [1.807, 2.05) is 30.3 Å². The molecule has 0 radical (unpaired) electrons. The number of carboxylic acids is 1. The van der Waals surface area contributed by atoms with Crippen molar-refractivity contribution < 1.29 is 19.4 Å². The van der Waals surface area contributed by atoms with E-state index >= 15 is 0 Å². The Labute approximate surface area is 109 Å². The van der Waals surface area contributed by atoms with Crippen LogP contribution in [0, 0.1) is 0 Å². The molecule has 0 saturated heterocycles. The number of methoxy groups -OCH3 is 1. The molecule has 0 amide bonds. The number of hydrogen-bond acceptors (Lipinski definition) is 5. The molecule has 0 atom stereocenters. The van der Waals surface area contributed by atoms with Gasteiger partial charge in [-0.05, 0) is 5.56 Å². The number of carbonyl (C=O) groups is 1. The van der Waals surface area contributed by atoms with Crippen LogP contribution >= 0.6 is 0 Å². The lowest BCUT2D eigenvalue weighted by molar-refractivity contribution is 0.0688. The molecule has 98 valence electrons. The number of carboxylic acid groups (broad SMARTS) is 1. The van der Waals surface area contributed by atoms with Crippen LogP contribution in [-0.4, -0.2) is 28.2 Å². The van der Waals surface area contributed by atoms with Crippen LogP contribution in [0.1, 0.15) is 16.1 Å². The van der Waals surface area contributed by atoms with Crippen LogP contribution < -0.4 is 9.47 Å². The van der Waals surface area contributed by atoms with E-state index < -0.39 is 5.97 Å². The molecule has 0 aliphatic heterocycles. The van der Waals surface area contributed by atoms with Gasteiger partial charge >= 0.3 is 5.97 Å². The fraction of sp³-hybridized carbons (Fsp3) is 0.154. The van der Waals surface area contributed by atoms with Crippen LogP contribution in [0.4, 0.5) is 0 Å². The summed E-state index contributed by atoms with van der Waals surface area (Å²) in [6.45, 7) is 0.304. The van der Waals surface area contributed by atoms with Gasteiger partial charge in [0.05, 0.1) is 13.3 Å². The minimum atomic E-state index is -1.17. The Hall–Kier alpha value is -2.63. The van der Waals surface area contributed by atoms with Crippen molar-refractivity contribution in [1.82, 2.24) is 9.97 Å². The second kappa shape index (κ2) is 5.81. The fourth-order valence-corrected chi connectivity index (χ4v) is 1.42. The van der Waals surface area contributed by atoms with Crippen molar-refractivity contribution in [3.05, 3.63) is 47.8 Å². The molecule has 1 heterocycles. The Kier molecular flexibility index (Phi) is 3.92. The number of aromatic carboxylic acids is 1. The van der Waals surface area contributed by atoms with Crippen LogP contribution in [0.5, 0.6) is 11.8 Å². The first kappa shape index (κ1) is 12.8. The zero-order valence-electron chi connectivity index (χ0n) is 10.2. The summed E-state index contributed by atoms with van der Waals surface area (Å²) < 4.78 is 10.4. The van der Waals surface area contributed by atoms with Gasteiger partial charge in [-0.1, -0.05) is 30.3 Å². The standard InChI is InChI=1S/C13H12N2O4/c1-18-12-11(14-7-10(15-12)13(16)17)19-8-9-5-3-2-4-6-9/h2-7H,8H2,1H3,(H,16,17). The Morgan fingerprint density at radius 1 is 1.26 bits per heavy atom. The molecular formula is C13H12N2O4. The molecule has 0 fully saturated rings. The monoisotopic (exact) mass is 260 g/mol. The van der Waals surface area contributed by atoms with Crippen molar-refractivity contribution in [2.45, 2.75) is 6.61 Å². The number of aromatic nitrogens is 2. The Morgan fingerprint density at radius 2 is 2.00 bits per heavy atom. The van der Waals surface area contributed by atoms with Gasteiger partial charge in [-0.15, -0.1) is 0 Å². The van der Waals surface area contributed by atoms with Gasteiger partial charge in [0.15, 0.2) is 5.69 Å². The largest absolute Gasteiger partial charge is 0.477 e. The summed E-state index contributed by atoms with van der Waals surface area (Å²) in [6, 6.07) is 9.52. The quantitative estimate of drug-likeness (QED) is 0.882. The first-order valence-electron chi connectivity index (χ1n) is 5.51. The molecule has 2 aromatic rings. The van der Waals surface area contributed by atoms with E-state index in [4.69, 9.17) is 14.6 Å². The molecule has 0 aliphatic carbocycles. The van der Waals surface area contributed by atoms with Crippen molar-refractivity contribution in [3.8, 4) is 11.8 Å². The van der Waals surface area contributed by atoms with Gasteiger partial charge in [-0.25, -0.2) is 9.78 Å². The Balaban J connectivity index is 2.14. The predicted molar refractivity (Wildman–Crippen MR) is 66.3 cm³/mol. The molecule has 1 aromatic heterocycles. The van der Waals surface area contributed by atoms with Gasteiger partial charge in [-0.2, -0.15) is 4.98 Å². The minimum absolute atomic E-state index is 0.0517. The molecule has 1 aromatic carbocycles. The van der Waals surface area contributed by atoms with Gasteiger partial charge in [0.1, 0.15) is 6.61 Å². The van der Waals surface area contributed by atoms with E-state index in [2.05, 4.69) is 9.97 Å². The van der Waals surface area contributed by atoms with E-state index in [-0.39, 0.29) is 17.5 Å². The second-order valence-electron chi connectivity index (χ2n) is 3.65. The number of nitrogens with zero attached hydrogens (tertiary/aromatic N) is 2. The van der Waals surface area contributed by atoms with E-state index in [1.54, 1.807) is 0 Å². The van der Waals surface area contributed by atoms with E-state index in [9.17, 15) is 4.79 Å². The van der Waals surface area contributed by atoms with Crippen molar-refractivity contribution >= 4 is 5.97 Å². The average molecular weight is 260 g/mol. The number of ether oxygens (including phenoxy) is 2. The van der Waals surface area contributed by atoms with E-state index in [0.717, 1.165) is 11.8 Å². The third-order valence-electron chi connectivity index (χ3n) is 2.34. The van der Waals surface area contributed by atoms with Crippen molar-refractivity contribution in [2.75, 3.05) is 7.11 Å². The molecule has 0 aliphatic rings. The van der Waals surface area contributed by atoms with E-state index in [1.165, 1.54) is 7.11 Å². The number of rotatable bonds is 5. The van der Waals surface area contributed by atoms with Crippen molar-refractivity contribution in [1.29, 1.82) is 0 Å². The molecular weight excluding hydrogens is 248 g/mol. The van der Waals surface area contributed by atoms with Crippen LogP contribution in [0.3, 0.4) is 0 Å². The first-order chi connectivity index (χ1) is 9.20. The number of benzene rings is 1. The highest BCUT2D eigenvalue weighted by Crippen LogP contribution is 2.22. The van der Waals surface area contributed by atoms with Gasteiger partial charge in [0.25, 0.3) is 11.8 Å². The highest BCUT2D eigenvalue weighted by molar-refractivity contribution is 5.85. The molecule has 0 spiro atoms. The number of hydrogen-bond donors (Lipinski definition) is 1. The van der Waals surface area contributed by atoms with Crippen molar-refractivity contribution in [3.63, 3.8) is 0 Å². The van der Waals surface area contributed by atoms with Crippen LogP contribution in [-0.2, 0) is 6.61 Å². The van der Waals surface area contributed by atoms with Crippen molar-refractivity contribution in [2.24, 2.45) is 0 Å². The molecule has 1 N–H and O–H groups in total. The Morgan fingerprint density at radius 3 is 2.63 bits per heavy atom. The zero-order valence-corrected chi connectivity index (χ0v) is 10.2. The maximum absolute atomic E-state index is 10.8. The highest BCUT2D eigenvalue weighted by Gasteiger charge is 2.13. The first-order valence-corrected chi connectivity index (χ1v) is 5.51.